The molecular weight excluding hydrogens is 602 g/mol. The largest absolute Gasteiger partial charge is 0.465 e. The third-order valence-electron chi connectivity index (χ3n) is 8.15. The van der Waals surface area contributed by atoms with Crippen LogP contribution in [0.3, 0.4) is 0 Å². The predicted molar refractivity (Wildman–Crippen MR) is 177 cm³/mol. The van der Waals surface area contributed by atoms with Crippen LogP contribution in [0.1, 0.15) is 38.5 Å². The monoisotopic (exact) mass is 630 g/mol. The minimum Gasteiger partial charge on any atom is -0.465 e. The van der Waals surface area contributed by atoms with Gasteiger partial charge in [0.2, 0.25) is 5.52 Å². The van der Waals surface area contributed by atoms with Crippen molar-refractivity contribution >= 4 is 58.3 Å². The summed E-state index contributed by atoms with van der Waals surface area (Å²) in [6.07, 6.45) is 5.61. The summed E-state index contributed by atoms with van der Waals surface area (Å²) in [4.78, 5) is 40.6. The number of halogens is 1. The molecule has 4 aromatic carbocycles. The Kier molecular flexibility index (Phi) is 8.51. The molecule has 0 bridgehead atoms. The zero-order valence-electron chi connectivity index (χ0n) is 25.3. The first kappa shape index (κ1) is 30.5. The Morgan fingerprint density at radius 2 is 1.37 bits per heavy atom. The molecule has 0 radical (unpaired) electrons. The standard InChI is InChI=1S/C38H29ClNO6/c1-44-36(41)29-16-10-15-28-32(29)26-13-5-6-14-27(26)33(28)34(37(42)45-2)35(38(43)46-3)40-22-21-23(25-12-7-9-18-31(25)40)19-20-24-11-4-8-17-30(24)39/h4-22,33H,1-3H3/q+1/b20-19+,35-34-. The summed E-state index contributed by atoms with van der Waals surface area (Å²) in [5, 5.41) is 1.44. The molecule has 1 heterocycles. The maximum atomic E-state index is 13.9. The maximum Gasteiger partial charge on any atom is 0.404 e. The Hall–Kier alpha value is -5.53. The highest BCUT2D eigenvalue weighted by molar-refractivity contribution is 6.32. The van der Waals surface area contributed by atoms with Gasteiger partial charge >= 0.3 is 23.6 Å². The topological polar surface area (TPSA) is 82.8 Å². The number of carbonyl (C=O) groups is 3. The quantitative estimate of drug-likeness (QED) is 0.0825. The molecule has 6 rings (SSSR count). The number of pyridine rings is 1. The van der Waals surface area contributed by atoms with E-state index in [1.807, 2.05) is 97.1 Å². The molecule has 0 fully saturated rings. The molecule has 46 heavy (non-hydrogen) atoms. The molecule has 0 amide bonds. The van der Waals surface area contributed by atoms with E-state index in [4.69, 9.17) is 25.8 Å². The van der Waals surface area contributed by atoms with Crippen molar-refractivity contribution in [3.05, 3.63) is 142 Å². The molecule has 228 valence electrons. The van der Waals surface area contributed by atoms with Crippen LogP contribution in [-0.2, 0) is 23.8 Å². The van der Waals surface area contributed by atoms with Crippen LogP contribution in [-0.4, -0.2) is 39.2 Å². The number of aromatic nitrogens is 1. The highest BCUT2D eigenvalue weighted by Crippen LogP contribution is 2.50. The fourth-order valence-corrected chi connectivity index (χ4v) is 6.32. The number of methoxy groups -OCH3 is 3. The van der Waals surface area contributed by atoms with Crippen LogP contribution in [0.5, 0.6) is 0 Å². The van der Waals surface area contributed by atoms with E-state index in [1.54, 1.807) is 22.9 Å². The number of hydrogen-bond acceptors (Lipinski definition) is 6. The average Bonchev–Trinajstić information content (AvgIpc) is 3.43. The van der Waals surface area contributed by atoms with Gasteiger partial charge in [-0.05, 0) is 46.0 Å². The normalized spacial score (nSPS) is 14.0. The first-order valence-electron chi connectivity index (χ1n) is 14.5. The van der Waals surface area contributed by atoms with Crippen LogP contribution in [0.2, 0.25) is 5.02 Å². The van der Waals surface area contributed by atoms with E-state index in [2.05, 4.69) is 0 Å². The zero-order valence-corrected chi connectivity index (χ0v) is 26.1. The van der Waals surface area contributed by atoms with Crippen molar-refractivity contribution in [3.8, 4) is 11.1 Å². The van der Waals surface area contributed by atoms with Crippen molar-refractivity contribution in [1.82, 2.24) is 0 Å². The van der Waals surface area contributed by atoms with Crippen molar-refractivity contribution < 1.29 is 33.2 Å². The van der Waals surface area contributed by atoms with Crippen molar-refractivity contribution in [2.45, 2.75) is 5.92 Å². The van der Waals surface area contributed by atoms with Gasteiger partial charge in [-0.2, -0.15) is 4.57 Å². The minimum absolute atomic E-state index is 0.0108. The molecule has 1 atom stereocenters. The van der Waals surface area contributed by atoms with Crippen LogP contribution in [0, 0.1) is 0 Å². The van der Waals surface area contributed by atoms with E-state index in [-0.39, 0.29) is 11.3 Å². The van der Waals surface area contributed by atoms with Gasteiger partial charge in [0.25, 0.3) is 0 Å². The van der Waals surface area contributed by atoms with Crippen molar-refractivity contribution in [2.24, 2.45) is 0 Å². The molecule has 1 unspecified atom stereocenters. The van der Waals surface area contributed by atoms with E-state index >= 15 is 0 Å². The Labute approximate surface area is 270 Å². The summed E-state index contributed by atoms with van der Waals surface area (Å²) in [5.41, 5.74) is 5.58. The molecule has 1 aliphatic rings. The van der Waals surface area contributed by atoms with E-state index < -0.39 is 23.8 Å². The van der Waals surface area contributed by atoms with Gasteiger partial charge < -0.3 is 14.2 Å². The highest BCUT2D eigenvalue weighted by Gasteiger charge is 2.44. The molecular formula is C38H29ClNO6+. The van der Waals surface area contributed by atoms with Gasteiger partial charge in [-0.25, -0.2) is 14.4 Å². The van der Waals surface area contributed by atoms with E-state index in [0.717, 1.165) is 27.6 Å². The Balaban J connectivity index is 1.64. The number of benzene rings is 4. The van der Waals surface area contributed by atoms with E-state index in [0.29, 0.717) is 27.2 Å². The zero-order chi connectivity index (χ0) is 32.4. The highest BCUT2D eigenvalue weighted by atomic mass is 35.5. The second kappa shape index (κ2) is 12.8. The minimum atomic E-state index is -0.761. The lowest BCUT2D eigenvalue weighted by Gasteiger charge is -2.18. The molecule has 0 saturated carbocycles. The van der Waals surface area contributed by atoms with Crippen LogP contribution in [0.25, 0.3) is 39.9 Å². The molecule has 0 saturated heterocycles. The lowest BCUT2D eigenvalue weighted by atomic mass is 9.87. The summed E-state index contributed by atoms with van der Waals surface area (Å²) < 4.78 is 17.4. The van der Waals surface area contributed by atoms with Crippen molar-refractivity contribution in [1.29, 1.82) is 0 Å². The number of nitrogens with zero attached hydrogens (tertiary/aromatic N) is 1. The van der Waals surface area contributed by atoms with Gasteiger partial charge in [-0.3, -0.25) is 0 Å². The van der Waals surface area contributed by atoms with Crippen LogP contribution in [0.15, 0.2) is 109 Å². The van der Waals surface area contributed by atoms with Gasteiger partial charge in [-0.15, -0.1) is 0 Å². The van der Waals surface area contributed by atoms with E-state index in [9.17, 15) is 14.4 Å². The van der Waals surface area contributed by atoms with Crippen molar-refractivity contribution in [3.63, 3.8) is 0 Å². The number of carbonyl (C=O) groups excluding carboxylic acids is 3. The number of hydrogen-bond donors (Lipinski definition) is 0. The number of fused-ring (bicyclic) bond motifs is 4. The molecule has 0 spiro atoms. The lowest BCUT2D eigenvalue weighted by molar-refractivity contribution is -0.550. The molecule has 1 aliphatic carbocycles. The third kappa shape index (κ3) is 5.25. The average molecular weight is 631 g/mol. The van der Waals surface area contributed by atoms with Crippen LogP contribution in [0.4, 0.5) is 0 Å². The summed E-state index contributed by atoms with van der Waals surface area (Å²) >= 11 is 6.39. The molecule has 5 aromatic rings. The summed E-state index contributed by atoms with van der Waals surface area (Å²) in [5.74, 6) is -2.71. The van der Waals surface area contributed by atoms with Crippen LogP contribution < -0.4 is 4.57 Å². The summed E-state index contributed by atoms with van der Waals surface area (Å²) in [7, 11) is 3.87. The lowest BCUT2D eigenvalue weighted by Crippen LogP contribution is -2.40. The molecule has 0 aliphatic heterocycles. The molecule has 7 nitrogen and oxygen atoms in total. The SMILES string of the molecule is COC(=O)/C(=C(/C(=O)OC)[n+]1ccc(/C=C/c2ccccc2Cl)c2ccccc21)C1c2ccccc2-c2c(C(=O)OC)cccc21. The van der Waals surface area contributed by atoms with Gasteiger partial charge in [0.05, 0.1) is 32.3 Å². The predicted octanol–water partition coefficient (Wildman–Crippen LogP) is 7.11. The van der Waals surface area contributed by atoms with Gasteiger partial charge in [0.15, 0.2) is 6.20 Å². The van der Waals surface area contributed by atoms with E-state index in [1.165, 1.54) is 21.3 Å². The second-order valence-corrected chi connectivity index (χ2v) is 10.9. The molecule has 8 heteroatoms. The third-order valence-corrected chi connectivity index (χ3v) is 8.49. The summed E-state index contributed by atoms with van der Waals surface area (Å²) in [6.45, 7) is 0. The van der Waals surface area contributed by atoms with Crippen molar-refractivity contribution in [2.75, 3.05) is 21.3 Å². The molecule has 0 N–H and O–H groups in total. The molecule has 1 aromatic heterocycles. The fourth-order valence-electron chi connectivity index (χ4n) is 6.13. The Morgan fingerprint density at radius 1 is 0.696 bits per heavy atom. The number of esters is 3. The summed E-state index contributed by atoms with van der Waals surface area (Å²) in [6, 6.07) is 29.7. The Morgan fingerprint density at radius 3 is 2.13 bits per heavy atom. The first-order valence-corrected chi connectivity index (χ1v) is 14.8. The number of para-hydroxylation sites is 1. The van der Waals surface area contributed by atoms with Gasteiger partial charge in [-0.1, -0.05) is 90.5 Å². The maximum absolute atomic E-state index is 13.9. The second-order valence-electron chi connectivity index (χ2n) is 10.5. The van der Waals surface area contributed by atoms with Gasteiger partial charge in [0, 0.05) is 28.6 Å². The smallest absolute Gasteiger partial charge is 0.404 e. The number of ether oxygens (including phenoxy) is 3. The van der Waals surface area contributed by atoms with Gasteiger partial charge in [0.1, 0.15) is 5.57 Å². The fraction of sp³-hybridized carbons (Fsp3) is 0.105. The first-order chi connectivity index (χ1) is 22.4. The number of rotatable bonds is 7. The van der Waals surface area contributed by atoms with Crippen LogP contribution >= 0.6 is 11.6 Å². The Bertz CT molecular complexity index is 2100.